The second kappa shape index (κ2) is 8.05. The molecule has 0 saturated carbocycles. The van der Waals surface area contributed by atoms with Gasteiger partial charge in [0.15, 0.2) is 17.0 Å². The maximum atomic E-state index is 12.6. The zero-order chi connectivity index (χ0) is 23.2. The van der Waals surface area contributed by atoms with Gasteiger partial charge in [-0.3, -0.25) is 4.57 Å². The Labute approximate surface area is 195 Å². The van der Waals surface area contributed by atoms with Gasteiger partial charge in [0.05, 0.1) is 16.6 Å². The molecule has 1 saturated heterocycles. The molecule has 10 heteroatoms. The summed E-state index contributed by atoms with van der Waals surface area (Å²) >= 11 is 0. The van der Waals surface area contributed by atoms with Gasteiger partial charge < -0.3 is 14.5 Å². The van der Waals surface area contributed by atoms with Crippen LogP contribution in [-0.4, -0.2) is 52.1 Å². The minimum atomic E-state index is -0.0456. The summed E-state index contributed by atoms with van der Waals surface area (Å²) in [7, 11) is 0. The number of H-pyrrole nitrogens is 1. The molecule has 5 aromatic rings. The number of benzene rings is 1. The molecule has 1 aromatic carbocycles. The lowest BCUT2D eigenvalue weighted by Crippen LogP contribution is -2.37. The third kappa shape index (κ3) is 3.25. The molecule has 5 heterocycles. The normalized spacial score (nSPS) is 14.9. The van der Waals surface area contributed by atoms with E-state index in [2.05, 4.69) is 41.3 Å². The molecule has 4 aromatic heterocycles. The molecule has 0 aliphatic carbocycles. The number of hydrogen-bond donors (Lipinski definition) is 1. The molecule has 0 radical (unpaired) electrons. The van der Waals surface area contributed by atoms with Crippen molar-refractivity contribution in [2.24, 2.45) is 0 Å². The summed E-state index contributed by atoms with van der Waals surface area (Å²) < 4.78 is 3.98. The van der Waals surface area contributed by atoms with Crippen LogP contribution in [0.5, 0.6) is 0 Å². The Balaban J connectivity index is 1.33. The molecular weight excluding hydrogens is 430 g/mol. The van der Waals surface area contributed by atoms with Crippen LogP contribution >= 0.6 is 0 Å². The molecule has 1 fully saturated rings. The molecule has 1 aliphatic rings. The van der Waals surface area contributed by atoms with Crippen molar-refractivity contribution in [1.82, 2.24) is 39.0 Å². The molecule has 0 amide bonds. The zero-order valence-electron chi connectivity index (χ0n) is 19.1. The molecule has 10 nitrogen and oxygen atoms in total. The van der Waals surface area contributed by atoms with Crippen molar-refractivity contribution in [1.29, 1.82) is 0 Å². The first-order chi connectivity index (χ1) is 16.6. The quantitative estimate of drug-likeness (QED) is 0.443. The fraction of sp³-hybridized carbons (Fsp3) is 0.333. The summed E-state index contributed by atoms with van der Waals surface area (Å²) in [5.41, 5.74) is 4.23. The molecule has 0 bridgehead atoms. The van der Waals surface area contributed by atoms with Gasteiger partial charge in [-0.05, 0) is 38.8 Å². The Morgan fingerprint density at radius 3 is 2.59 bits per heavy atom. The van der Waals surface area contributed by atoms with Crippen molar-refractivity contribution < 1.29 is 0 Å². The molecule has 0 spiro atoms. The van der Waals surface area contributed by atoms with Gasteiger partial charge in [-0.15, -0.1) is 0 Å². The summed E-state index contributed by atoms with van der Waals surface area (Å²) in [5.74, 6) is 2.34. The van der Waals surface area contributed by atoms with E-state index in [4.69, 9.17) is 4.98 Å². The van der Waals surface area contributed by atoms with Crippen molar-refractivity contribution in [3.63, 3.8) is 0 Å². The Morgan fingerprint density at radius 2 is 1.82 bits per heavy atom. The minimum absolute atomic E-state index is 0.0456. The number of aromatic nitrogens is 8. The first-order valence-electron chi connectivity index (χ1n) is 11.6. The number of piperidine rings is 1. The highest BCUT2D eigenvalue weighted by atomic mass is 16.1. The van der Waals surface area contributed by atoms with Crippen LogP contribution in [0.3, 0.4) is 0 Å². The van der Waals surface area contributed by atoms with Gasteiger partial charge in [0.25, 0.3) is 0 Å². The van der Waals surface area contributed by atoms with E-state index in [1.54, 1.807) is 18.7 Å². The largest absolute Gasteiger partial charge is 0.355 e. The van der Waals surface area contributed by atoms with Crippen LogP contribution in [0.2, 0.25) is 0 Å². The van der Waals surface area contributed by atoms with Crippen LogP contribution in [-0.2, 0) is 6.54 Å². The molecule has 1 aliphatic heterocycles. The van der Waals surface area contributed by atoms with E-state index in [0.717, 1.165) is 77.7 Å². The lowest BCUT2D eigenvalue weighted by atomic mass is 10.0. The standard InChI is InChI=1S/C24H25N9O/c1-3-32-21(16-12-25-15(2)26-13-16)30-20-22(27-14-28-23(20)32)31-10-8-17(9-11-31)33-19-7-5-4-6-18(19)29-24(33)34/h4-7,12-14,17H,3,8-11H2,1-2H3,(H,29,34). The Morgan fingerprint density at radius 1 is 1.06 bits per heavy atom. The number of aryl methyl sites for hydroxylation is 2. The molecule has 6 rings (SSSR count). The summed E-state index contributed by atoms with van der Waals surface area (Å²) in [6.07, 6.45) is 6.90. The molecule has 34 heavy (non-hydrogen) atoms. The number of nitrogens with one attached hydrogen (secondary N) is 1. The number of para-hydroxylation sites is 2. The highest BCUT2D eigenvalue weighted by molar-refractivity contribution is 5.86. The van der Waals surface area contributed by atoms with Gasteiger partial charge in [0, 0.05) is 38.1 Å². The van der Waals surface area contributed by atoms with Gasteiger partial charge in [-0.25, -0.2) is 29.7 Å². The molecular formula is C24H25N9O. The first kappa shape index (κ1) is 20.5. The van der Waals surface area contributed by atoms with E-state index in [1.165, 1.54) is 0 Å². The highest BCUT2D eigenvalue weighted by Crippen LogP contribution is 2.32. The number of fused-ring (bicyclic) bond motifs is 2. The van der Waals surface area contributed by atoms with E-state index in [0.29, 0.717) is 0 Å². The second-order valence-electron chi connectivity index (χ2n) is 8.60. The second-order valence-corrected chi connectivity index (χ2v) is 8.60. The van der Waals surface area contributed by atoms with Crippen molar-refractivity contribution in [2.45, 2.75) is 39.3 Å². The smallest absolute Gasteiger partial charge is 0.326 e. The van der Waals surface area contributed by atoms with Gasteiger partial charge in [-0.2, -0.15) is 0 Å². The van der Waals surface area contributed by atoms with Gasteiger partial charge in [-0.1, -0.05) is 12.1 Å². The summed E-state index contributed by atoms with van der Waals surface area (Å²) in [6, 6.07) is 8.00. The Hall–Kier alpha value is -4.08. The average molecular weight is 456 g/mol. The maximum absolute atomic E-state index is 12.6. The zero-order valence-corrected chi connectivity index (χ0v) is 19.1. The number of anilines is 1. The van der Waals surface area contributed by atoms with Gasteiger partial charge in [0.2, 0.25) is 0 Å². The van der Waals surface area contributed by atoms with Crippen molar-refractivity contribution in [3.05, 3.63) is 59.3 Å². The minimum Gasteiger partial charge on any atom is -0.355 e. The van der Waals surface area contributed by atoms with Crippen LogP contribution in [0.4, 0.5) is 5.82 Å². The summed E-state index contributed by atoms with van der Waals surface area (Å²) in [5, 5.41) is 0. The van der Waals surface area contributed by atoms with E-state index >= 15 is 0 Å². The number of imidazole rings is 2. The predicted octanol–water partition coefficient (Wildman–Crippen LogP) is 3.10. The molecule has 1 N–H and O–H groups in total. The number of rotatable bonds is 4. The molecule has 0 unspecified atom stereocenters. The average Bonchev–Trinajstić information content (AvgIpc) is 3.41. The highest BCUT2D eigenvalue weighted by Gasteiger charge is 2.27. The number of nitrogens with zero attached hydrogens (tertiary/aromatic N) is 8. The van der Waals surface area contributed by atoms with Crippen molar-refractivity contribution in [3.8, 4) is 11.4 Å². The van der Waals surface area contributed by atoms with Gasteiger partial charge in [0.1, 0.15) is 18.0 Å². The van der Waals surface area contributed by atoms with E-state index < -0.39 is 0 Å². The number of hydrogen-bond acceptors (Lipinski definition) is 7. The maximum Gasteiger partial charge on any atom is 0.326 e. The Kier molecular flexibility index (Phi) is 4.86. The van der Waals surface area contributed by atoms with Crippen molar-refractivity contribution in [2.75, 3.05) is 18.0 Å². The van der Waals surface area contributed by atoms with Crippen LogP contribution in [0.25, 0.3) is 33.6 Å². The summed E-state index contributed by atoms with van der Waals surface area (Å²) in [4.78, 5) is 40.6. The number of aromatic amines is 1. The fourth-order valence-electron chi connectivity index (χ4n) is 4.96. The van der Waals surface area contributed by atoms with Crippen LogP contribution in [0.15, 0.2) is 47.8 Å². The van der Waals surface area contributed by atoms with Crippen LogP contribution < -0.4 is 10.6 Å². The van der Waals surface area contributed by atoms with E-state index in [-0.39, 0.29) is 11.7 Å². The lowest BCUT2D eigenvalue weighted by Gasteiger charge is -2.33. The predicted molar refractivity (Wildman–Crippen MR) is 130 cm³/mol. The Bertz CT molecular complexity index is 1540. The lowest BCUT2D eigenvalue weighted by molar-refractivity contribution is 0.395. The van der Waals surface area contributed by atoms with Crippen LogP contribution in [0.1, 0.15) is 31.6 Å². The molecule has 0 atom stereocenters. The van der Waals surface area contributed by atoms with E-state index in [1.807, 2.05) is 35.8 Å². The molecule has 172 valence electrons. The summed E-state index contributed by atoms with van der Waals surface area (Å²) in [6.45, 7) is 6.23. The van der Waals surface area contributed by atoms with Gasteiger partial charge >= 0.3 is 5.69 Å². The van der Waals surface area contributed by atoms with Crippen molar-refractivity contribution >= 4 is 28.0 Å². The fourth-order valence-corrected chi connectivity index (χ4v) is 4.96. The topological polar surface area (TPSA) is 110 Å². The SMILES string of the molecule is CCn1c(-c2cnc(C)nc2)nc2c(N3CCC(n4c(=O)[nH]c5ccccc54)CC3)ncnc21. The van der Waals surface area contributed by atoms with E-state index in [9.17, 15) is 4.79 Å². The first-order valence-corrected chi connectivity index (χ1v) is 11.6. The monoisotopic (exact) mass is 455 g/mol. The van der Waals surface area contributed by atoms with Crippen LogP contribution in [0, 0.1) is 6.92 Å². The third-order valence-corrected chi connectivity index (χ3v) is 6.62. The third-order valence-electron chi connectivity index (χ3n) is 6.62.